The number of allylic oxidation sites excluding steroid dienone is 1. The summed E-state index contributed by atoms with van der Waals surface area (Å²) in [5, 5.41) is 3.25. The Hall–Kier alpha value is -3.07. The number of halogens is 1. The Morgan fingerprint density at radius 2 is 2.03 bits per heavy atom. The van der Waals surface area contributed by atoms with E-state index in [0.29, 0.717) is 0 Å². The molecule has 9 nitrogen and oxygen atoms in total. The van der Waals surface area contributed by atoms with Gasteiger partial charge in [-0.15, -0.1) is 0 Å². The molecule has 10 heteroatoms. The quantitative estimate of drug-likeness (QED) is 0.339. The average Bonchev–Trinajstić information content (AvgIpc) is 2.98. The molecule has 1 heterocycles. The van der Waals surface area contributed by atoms with Crippen molar-refractivity contribution in [1.82, 2.24) is 0 Å². The normalized spacial score (nSPS) is 23.4. The molecule has 1 aliphatic heterocycles. The van der Waals surface area contributed by atoms with Crippen LogP contribution in [0.25, 0.3) is 0 Å². The van der Waals surface area contributed by atoms with Crippen molar-refractivity contribution in [3.63, 3.8) is 0 Å². The van der Waals surface area contributed by atoms with Gasteiger partial charge in [0.15, 0.2) is 17.3 Å². The van der Waals surface area contributed by atoms with Crippen LogP contribution in [0.2, 0.25) is 5.02 Å². The van der Waals surface area contributed by atoms with Crippen LogP contribution in [-0.2, 0) is 14.4 Å². The van der Waals surface area contributed by atoms with E-state index < -0.39 is 23.3 Å². The zero-order chi connectivity index (χ0) is 21.5. The number of nitrogens with zero attached hydrogens (tertiary/aromatic N) is 1. The predicted octanol–water partition coefficient (Wildman–Crippen LogP) is 2.25. The van der Waals surface area contributed by atoms with Crippen LogP contribution in [0.4, 0.5) is 0 Å². The molecule has 0 saturated heterocycles. The Kier molecular flexibility index (Phi) is 5.27. The minimum absolute atomic E-state index is 0.0311. The Morgan fingerprint density at radius 1 is 1.34 bits per heavy atom. The number of hydrogen-bond acceptors (Lipinski definition) is 8. The highest BCUT2D eigenvalue weighted by molar-refractivity contribution is 6.36. The Labute approximate surface area is 171 Å². The molecule has 0 unspecified atom stereocenters. The fourth-order valence-electron chi connectivity index (χ4n) is 3.48. The first-order valence-corrected chi connectivity index (χ1v) is 8.99. The van der Waals surface area contributed by atoms with E-state index in [9.17, 15) is 14.4 Å². The van der Waals surface area contributed by atoms with Crippen LogP contribution in [0.5, 0.6) is 11.5 Å². The third kappa shape index (κ3) is 3.11. The first kappa shape index (κ1) is 20.7. The number of benzene rings is 1. The fourth-order valence-corrected chi connectivity index (χ4v) is 3.75. The summed E-state index contributed by atoms with van der Waals surface area (Å²) in [6.45, 7) is 3.13. The second kappa shape index (κ2) is 7.40. The van der Waals surface area contributed by atoms with Gasteiger partial charge >= 0.3 is 5.97 Å². The molecule has 2 atom stereocenters. The van der Waals surface area contributed by atoms with Crippen molar-refractivity contribution in [2.45, 2.75) is 25.9 Å². The standard InChI is InChI=1S/C19H19ClN2O7/c1-8-5-10(23)6-13(27-4)19(8)17(24)14-12(26-3)7-11(15(20)16(14)28-19)18(25)29-22-9(2)21/h6-8H,5H2,1-4H3,(H2,21,22)/t8-,19+/m1/s1. The average molecular weight is 423 g/mol. The minimum atomic E-state index is -1.59. The van der Waals surface area contributed by atoms with E-state index in [4.69, 9.17) is 36.4 Å². The molecule has 1 aliphatic carbocycles. The molecule has 1 aromatic rings. The highest BCUT2D eigenvalue weighted by Crippen LogP contribution is 2.53. The smallest absolute Gasteiger partial charge is 0.367 e. The SMILES string of the molecule is COC1=CC(=O)C[C@@H](C)[C@]12Oc1c(Cl)c(C(=O)O/N=C(/C)N)cc(OC)c1C2=O. The zero-order valence-corrected chi connectivity index (χ0v) is 17.0. The van der Waals surface area contributed by atoms with Crippen molar-refractivity contribution in [2.24, 2.45) is 16.8 Å². The lowest BCUT2D eigenvalue weighted by Gasteiger charge is -2.36. The van der Waals surface area contributed by atoms with Crippen molar-refractivity contribution in [2.75, 3.05) is 14.2 Å². The van der Waals surface area contributed by atoms with Crippen LogP contribution < -0.4 is 15.2 Å². The van der Waals surface area contributed by atoms with Crippen LogP contribution in [0.1, 0.15) is 41.0 Å². The molecule has 0 saturated carbocycles. The first-order valence-electron chi connectivity index (χ1n) is 8.62. The molecule has 0 amide bonds. The molecular weight excluding hydrogens is 404 g/mol. The van der Waals surface area contributed by atoms with Crippen LogP contribution in [0, 0.1) is 5.92 Å². The largest absolute Gasteiger partial charge is 0.496 e. The molecule has 0 fully saturated rings. The maximum Gasteiger partial charge on any atom is 0.367 e. The Morgan fingerprint density at radius 3 is 2.62 bits per heavy atom. The van der Waals surface area contributed by atoms with Crippen LogP contribution >= 0.6 is 11.6 Å². The topological polar surface area (TPSA) is 127 Å². The molecule has 1 spiro atoms. The number of ether oxygens (including phenoxy) is 3. The lowest BCUT2D eigenvalue weighted by atomic mass is 9.75. The summed E-state index contributed by atoms with van der Waals surface area (Å²) in [6, 6.07) is 1.26. The summed E-state index contributed by atoms with van der Waals surface area (Å²) in [7, 11) is 2.67. The number of Topliss-reactive ketones (excluding diaryl/α,β-unsaturated/α-hetero) is 1. The van der Waals surface area contributed by atoms with Gasteiger partial charge in [-0.2, -0.15) is 0 Å². The predicted molar refractivity (Wildman–Crippen MR) is 102 cm³/mol. The maximum atomic E-state index is 13.4. The molecule has 1 aromatic carbocycles. The highest BCUT2D eigenvalue weighted by Gasteiger charge is 2.60. The fraction of sp³-hybridized carbons (Fsp3) is 0.368. The Bertz CT molecular complexity index is 981. The number of rotatable bonds is 4. The zero-order valence-electron chi connectivity index (χ0n) is 16.2. The molecule has 0 bridgehead atoms. The molecule has 2 N–H and O–H groups in total. The lowest BCUT2D eigenvalue weighted by molar-refractivity contribution is -0.118. The summed E-state index contributed by atoms with van der Waals surface area (Å²) in [6.07, 6.45) is 1.31. The second-order valence-electron chi connectivity index (χ2n) is 6.71. The van der Waals surface area contributed by atoms with E-state index in [1.54, 1.807) is 6.92 Å². The van der Waals surface area contributed by atoms with E-state index in [1.807, 2.05) is 0 Å². The molecule has 3 rings (SSSR count). The van der Waals surface area contributed by atoms with Crippen molar-refractivity contribution < 1.29 is 33.4 Å². The lowest BCUT2D eigenvalue weighted by Crippen LogP contribution is -2.51. The number of fused-ring (bicyclic) bond motifs is 1. The molecule has 0 aromatic heterocycles. The van der Waals surface area contributed by atoms with E-state index in [-0.39, 0.29) is 51.4 Å². The molecular formula is C19H19ClN2O7. The minimum Gasteiger partial charge on any atom is -0.496 e. The van der Waals surface area contributed by atoms with Crippen molar-refractivity contribution >= 4 is 35.0 Å². The maximum absolute atomic E-state index is 13.4. The summed E-state index contributed by atoms with van der Waals surface area (Å²) >= 11 is 6.39. The molecule has 0 radical (unpaired) electrons. The molecule has 154 valence electrons. The Balaban J connectivity index is 2.18. The number of hydrogen-bond donors (Lipinski definition) is 1. The van der Waals surface area contributed by atoms with Gasteiger partial charge in [0, 0.05) is 18.4 Å². The van der Waals surface area contributed by atoms with E-state index in [0.717, 1.165) is 0 Å². The number of ketones is 2. The molecule has 29 heavy (non-hydrogen) atoms. The summed E-state index contributed by atoms with van der Waals surface area (Å²) in [5.41, 5.74) is 3.71. The van der Waals surface area contributed by atoms with Gasteiger partial charge in [0.2, 0.25) is 11.4 Å². The second-order valence-corrected chi connectivity index (χ2v) is 7.08. The number of carbonyl (C=O) groups is 3. The molecule has 2 aliphatic rings. The van der Waals surface area contributed by atoms with Gasteiger partial charge in [-0.05, 0) is 13.0 Å². The number of nitrogens with two attached hydrogens (primary N) is 1. The van der Waals surface area contributed by atoms with Gasteiger partial charge in [-0.1, -0.05) is 23.7 Å². The van der Waals surface area contributed by atoms with Crippen molar-refractivity contribution in [3.05, 3.63) is 34.1 Å². The van der Waals surface area contributed by atoms with Gasteiger partial charge in [-0.3, -0.25) is 9.59 Å². The van der Waals surface area contributed by atoms with Crippen LogP contribution in [-0.4, -0.2) is 43.2 Å². The number of methoxy groups -OCH3 is 2. The van der Waals surface area contributed by atoms with Crippen LogP contribution in [0.15, 0.2) is 23.1 Å². The van der Waals surface area contributed by atoms with Gasteiger partial charge in [-0.25, -0.2) is 4.79 Å². The van der Waals surface area contributed by atoms with E-state index in [1.165, 1.54) is 33.3 Å². The number of carbonyl (C=O) groups excluding carboxylic acids is 3. The summed E-state index contributed by atoms with van der Waals surface area (Å²) < 4.78 is 16.6. The highest BCUT2D eigenvalue weighted by atomic mass is 35.5. The third-order valence-electron chi connectivity index (χ3n) is 4.80. The van der Waals surface area contributed by atoms with Crippen molar-refractivity contribution in [1.29, 1.82) is 0 Å². The van der Waals surface area contributed by atoms with Gasteiger partial charge in [0.05, 0.1) is 24.8 Å². The van der Waals surface area contributed by atoms with E-state index in [2.05, 4.69) is 5.16 Å². The third-order valence-corrected chi connectivity index (χ3v) is 5.18. The first-order chi connectivity index (χ1) is 13.7. The van der Waals surface area contributed by atoms with E-state index >= 15 is 0 Å². The summed E-state index contributed by atoms with van der Waals surface area (Å²) in [4.78, 5) is 42.5. The number of amidine groups is 1. The van der Waals surface area contributed by atoms with Gasteiger partial charge in [0.25, 0.3) is 0 Å². The summed E-state index contributed by atoms with van der Waals surface area (Å²) in [5.74, 6) is -2.02. The van der Waals surface area contributed by atoms with Gasteiger partial charge in [0.1, 0.15) is 17.1 Å². The number of oxime groups is 1. The van der Waals surface area contributed by atoms with Gasteiger partial charge < -0.3 is 24.8 Å². The van der Waals surface area contributed by atoms with Crippen LogP contribution in [0.3, 0.4) is 0 Å². The monoisotopic (exact) mass is 422 g/mol. The van der Waals surface area contributed by atoms with Crippen molar-refractivity contribution in [3.8, 4) is 11.5 Å².